The molecule has 0 unspecified atom stereocenters. The van der Waals surface area contributed by atoms with Gasteiger partial charge in [-0.15, -0.1) is 22.7 Å². The molecule has 21 rings (SSSR count). The van der Waals surface area contributed by atoms with Crippen LogP contribution < -0.4 is 5.46 Å². The lowest BCUT2D eigenvalue weighted by molar-refractivity contribution is 0.00578. The summed E-state index contributed by atoms with van der Waals surface area (Å²) >= 11 is 9.87. The van der Waals surface area contributed by atoms with Crippen LogP contribution in [0.5, 0.6) is 0 Å². The highest BCUT2D eigenvalue weighted by atomic mass is 35.5. The third kappa shape index (κ3) is 12.3. The molecule has 4 aromatic heterocycles. The van der Waals surface area contributed by atoms with E-state index < -0.39 is 0 Å². The maximum atomic E-state index is 6.41. The Morgan fingerprint density at radius 3 is 1.11 bits per heavy atom. The van der Waals surface area contributed by atoms with E-state index in [1.165, 1.54) is 94.9 Å². The van der Waals surface area contributed by atoms with Crippen molar-refractivity contribution in [3.05, 3.63) is 333 Å². The van der Waals surface area contributed by atoms with Crippen molar-refractivity contribution in [3.8, 4) is 79.2 Å². The maximum Gasteiger partial charge on any atom is 0.495 e. The average Bonchev–Trinajstić information content (AvgIpc) is 1.64. The van der Waals surface area contributed by atoms with Gasteiger partial charge in [0.15, 0.2) is 29.1 Å². The Morgan fingerprint density at radius 1 is 0.250 bits per heavy atom. The third-order valence-corrected chi connectivity index (χ3v) is 23.7. The second-order valence-corrected chi connectivity index (χ2v) is 30.9. The molecule has 12 heteroatoms. The first-order chi connectivity index (χ1) is 52.9. The fraction of sp³-hybridized carbons (Fsp3) is 0.0625. The molecular formula is C96H66BClN6O2S2. The lowest BCUT2D eigenvalue weighted by atomic mass is 9.75. The Kier molecular flexibility index (Phi) is 16.8. The van der Waals surface area contributed by atoms with Crippen LogP contribution in [0.25, 0.3) is 184 Å². The van der Waals surface area contributed by atoms with Crippen LogP contribution in [0.4, 0.5) is 0 Å². The summed E-state index contributed by atoms with van der Waals surface area (Å²) in [6.45, 7) is 8.42. The molecule has 0 amide bonds. The predicted octanol–water partition coefficient (Wildman–Crippen LogP) is 25.7. The van der Waals surface area contributed by atoms with Crippen molar-refractivity contribution in [2.45, 2.75) is 38.9 Å². The van der Waals surface area contributed by atoms with Gasteiger partial charge in [0.2, 0.25) is 5.28 Å². The van der Waals surface area contributed by atoms with Crippen molar-refractivity contribution in [2.75, 3.05) is 0 Å². The predicted molar refractivity (Wildman–Crippen MR) is 456 cm³/mol. The Bertz CT molecular complexity index is 6920. The van der Waals surface area contributed by atoms with Gasteiger partial charge in [-0.2, -0.15) is 9.97 Å². The molecule has 5 heterocycles. The number of thiophene rings is 2. The molecule has 1 fully saturated rings. The van der Waals surface area contributed by atoms with Gasteiger partial charge in [0.25, 0.3) is 0 Å². The fourth-order valence-corrected chi connectivity index (χ4v) is 17.5. The number of nitrogens with zero attached hydrogens (tertiary/aromatic N) is 6. The van der Waals surface area contributed by atoms with Crippen molar-refractivity contribution in [3.63, 3.8) is 0 Å². The Morgan fingerprint density at radius 2 is 0.583 bits per heavy atom. The van der Waals surface area contributed by atoms with E-state index in [0.29, 0.717) is 29.1 Å². The van der Waals surface area contributed by atoms with Crippen LogP contribution in [0.1, 0.15) is 27.7 Å². The van der Waals surface area contributed by atoms with Crippen molar-refractivity contribution in [2.24, 2.45) is 0 Å². The quantitative estimate of drug-likeness (QED) is 0.139. The highest BCUT2D eigenvalue weighted by Crippen LogP contribution is 2.45. The molecule has 0 radical (unpaired) electrons. The zero-order valence-electron chi connectivity index (χ0n) is 59.4. The number of fused-ring (bicyclic) bond motifs is 12. The van der Waals surface area contributed by atoms with Crippen molar-refractivity contribution < 1.29 is 9.31 Å². The standard InChI is InChI=1S/C45H27N3S.C32H27BO2S.C19H12ClN3/c1-2-12-29(13-3-1)43-46-44(37-20-10-16-28-11-6-7-17-33(28)37)48-45(47-43)38-23-22-34(35-18-8-9-19-36(35)38)32-21-24-41-39(26-32)40-25-30-14-4-5-15-31(30)27-42(40)49-41;1-31(2)32(3,4)35-33(34-31)28-14-8-12-24-23(11-7-13-25(24)28)22-15-16-29-26(18-22)27-17-20-9-5-6-10-21(20)19-30(27)36-29;20-19-22-17(14-8-2-1-3-9-14)21-18(23-19)16-12-6-10-13-7-4-5-11-15(13)16/h1-27H;5-19H,1-4H3;1-12H. The van der Waals surface area contributed by atoms with Gasteiger partial charge < -0.3 is 9.31 Å². The monoisotopic (exact) mass is 1440 g/mol. The molecule has 0 aliphatic carbocycles. The molecule has 1 aliphatic heterocycles. The van der Waals surface area contributed by atoms with E-state index in [1.54, 1.807) is 0 Å². The number of rotatable bonds is 8. The minimum atomic E-state index is -0.384. The second-order valence-electron chi connectivity index (χ2n) is 28.4. The van der Waals surface area contributed by atoms with Crippen molar-refractivity contribution in [1.82, 2.24) is 29.9 Å². The van der Waals surface area contributed by atoms with Gasteiger partial charge in [-0.3, -0.25) is 0 Å². The van der Waals surface area contributed by atoms with Crippen LogP contribution in [0.15, 0.2) is 328 Å². The second kappa shape index (κ2) is 27.3. The molecule has 0 bridgehead atoms. The van der Waals surface area contributed by atoms with E-state index in [1.807, 2.05) is 95.5 Å². The zero-order chi connectivity index (χ0) is 72.6. The third-order valence-electron chi connectivity index (χ3n) is 21.3. The van der Waals surface area contributed by atoms with Crippen LogP contribution in [-0.2, 0) is 9.31 Å². The number of hydrogen-bond donors (Lipinski definition) is 0. The molecule has 0 saturated carbocycles. The van der Waals surface area contributed by atoms with Crippen LogP contribution in [-0.4, -0.2) is 48.2 Å². The first-order valence-electron chi connectivity index (χ1n) is 36.2. The smallest absolute Gasteiger partial charge is 0.399 e. The Labute approximate surface area is 637 Å². The largest absolute Gasteiger partial charge is 0.495 e. The highest BCUT2D eigenvalue weighted by molar-refractivity contribution is 7.26. The van der Waals surface area contributed by atoms with Gasteiger partial charge in [0.05, 0.1) is 11.2 Å². The van der Waals surface area contributed by atoms with Crippen LogP contribution in [0, 0.1) is 0 Å². The van der Waals surface area contributed by atoms with Crippen LogP contribution in [0.3, 0.4) is 0 Å². The van der Waals surface area contributed by atoms with Gasteiger partial charge in [-0.25, -0.2) is 19.9 Å². The molecule has 0 atom stereocenters. The van der Waals surface area contributed by atoms with Gasteiger partial charge in [0.1, 0.15) is 0 Å². The van der Waals surface area contributed by atoms with Crippen molar-refractivity contribution >= 4 is 152 Å². The average molecular weight is 1450 g/mol. The number of benzene rings is 16. The molecule has 514 valence electrons. The summed E-state index contributed by atoms with van der Waals surface area (Å²) in [6, 6.07) is 115. The van der Waals surface area contributed by atoms with Gasteiger partial charge >= 0.3 is 7.12 Å². The molecule has 0 N–H and O–H groups in total. The molecule has 108 heavy (non-hydrogen) atoms. The summed E-state index contributed by atoms with van der Waals surface area (Å²) in [7, 11) is -0.384. The van der Waals surface area contributed by atoms with Crippen LogP contribution >= 0.6 is 34.3 Å². The topological polar surface area (TPSA) is 95.8 Å². The van der Waals surface area contributed by atoms with Crippen LogP contribution in [0.2, 0.25) is 5.28 Å². The SMILES string of the molecule is CC1(C)OB(c2cccc3c(-c4ccc5sc6cc7ccccc7cc6c5c4)cccc23)OC1(C)C.Clc1nc(-c2ccccc2)nc(-c2cccc3ccccc23)n1.c1ccc(-c2nc(-c3cccc4ccccc34)nc(-c3ccc(-c4ccc5sc6cc7ccccc7cc6c5c4)c4ccccc34)n2)cc1. The van der Waals surface area contributed by atoms with Crippen molar-refractivity contribution in [1.29, 1.82) is 0 Å². The van der Waals surface area contributed by atoms with E-state index in [-0.39, 0.29) is 23.6 Å². The normalized spacial score (nSPS) is 13.3. The summed E-state index contributed by atoms with van der Waals surface area (Å²) in [6.07, 6.45) is 0. The molecule has 16 aromatic carbocycles. The van der Waals surface area contributed by atoms with E-state index >= 15 is 0 Å². The number of aromatic nitrogens is 6. The molecule has 0 spiro atoms. The Balaban J connectivity index is 0.000000118. The molecule has 1 saturated heterocycles. The minimum absolute atomic E-state index is 0.196. The Hall–Kier alpha value is -12.2. The van der Waals surface area contributed by atoms with E-state index in [0.717, 1.165) is 65.6 Å². The van der Waals surface area contributed by atoms with E-state index in [4.69, 9.17) is 35.9 Å². The molecule has 20 aromatic rings. The molecule has 1 aliphatic rings. The first kappa shape index (κ1) is 66.5. The molecule has 8 nitrogen and oxygen atoms in total. The summed E-state index contributed by atoms with van der Waals surface area (Å²) in [5, 5.41) is 19.7. The van der Waals surface area contributed by atoms with E-state index in [2.05, 4.69) is 297 Å². The van der Waals surface area contributed by atoms with E-state index in [9.17, 15) is 0 Å². The highest BCUT2D eigenvalue weighted by Gasteiger charge is 2.52. The minimum Gasteiger partial charge on any atom is -0.399 e. The summed E-state index contributed by atoms with van der Waals surface area (Å²) < 4.78 is 18.1. The van der Waals surface area contributed by atoms with Gasteiger partial charge in [-0.05, 0) is 186 Å². The maximum absolute atomic E-state index is 6.41. The lowest BCUT2D eigenvalue weighted by Crippen LogP contribution is -2.41. The summed E-state index contributed by atoms with van der Waals surface area (Å²) in [4.78, 5) is 28.5. The van der Waals surface area contributed by atoms with Gasteiger partial charge in [0, 0.05) is 68.2 Å². The van der Waals surface area contributed by atoms with Gasteiger partial charge in [-0.1, -0.05) is 273 Å². The zero-order valence-corrected chi connectivity index (χ0v) is 61.8. The summed E-state index contributed by atoms with van der Waals surface area (Å²) in [5.41, 5.74) is 9.98. The number of halogens is 1. The molecular weight excluding hydrogens is 1380 g/mol. The lowest BCUT2D eigenvalue weighted by Gasteiger charge is -2.32. The first-order valence-corrected chi connectivity index (χ1v) is 38.2. The summed E-state index contributed by atoms with van der Waals surface area (Å²) in [5.74, 6) is 3.14. The number of hydrogen-bond acceptors (Lipinski definition) is 10. The fourth-order valence-electron chi connectivity index (χ4n) is 15.1.